The van der Waals surface area contributed by atoms with Gasteiger partial charge in [-0.15, -0.1) is 0 Å². The Balaban J connectivity index is 1.52. The van der Waals surface area contributed by atoms with Crippen LogP contribution in [0.25, 0.3) is 0 Å². The quantitative estimate of drug-likeness (QED) is 0.847. The summed E-state index contributed by atoms with van der Waals surface area (Å²) in [6, 6.07) is 8.10. The predicted molar refractivity (Wildman–Crippen MR) is 91.0 cm³/mol. The molecule has 2 saturated heterocycles. The molecule has 2 fully saturated rings. The second kappa shape index (κ2) is 7.32. The third-order valence-corrected chi connectivity index (χ3v) is 5.14. The molecule has 2 aliphatic rings. The highest BCUT2D eigenvalue weighted by atomic mass is 16.5. The number of nitrogens with zero attached hydrogens (tertiary/aromatic N) is 3. The standard InChI is InChI=1S/C18H27N3O2/c1-19-9-7-16(8-10-19)20-11-13-21(14-12-20)18(22)15-3-5-17(23-2)6-4-15/h3-6,16H,7-14H2,1-2H3. The highest BCUT2D eigenvalue weighted by Gasteiger charge is 2.28. The molecule has 0 atom stereocenters. The van der Waals surface area contributed by atoms with Crippen molar-refractivity contribution in [3.63, 3.8) is 0 Å². The van der Waals surface area contributed by atoms with Gasteiger partial charge in [-0.3, -0.25) is 9.69 Å². The number of likely N-dealkylation sites (tertiary alicyclic amines) is 1. The fourth-order valence-electron chi connectivity index (χ4n) is 3.57. The SMILES string of the molecule is COc1ccc(C(=O)N2CCN(C3CCN(C)CC3)CC2)cc1. The van der Waals surface area contributed by atoms with Crippen molar-refractivity contribution in [2.45, 2.75) is 18.9 Å². The second-order valence-electron chi connectivity index (χ2n) is 6.59. The molecule has 3 rings (SSSR count). The minimum Gasteiger partial charge on any atom is -0.497 e. The Hall–Kier alpha value is -1.59. The molecule has 1 amide bonds. The van der Waals surface area contributed by atoms with Gasteiger partial charge in [0.25, 0.3) is 5.91 Å². The molecule has 126 valence electrons. The molecule has 1 aromatic rings. The molecule has 0 spiro atoms. The number of hydrogen-bond acceptors (Lipinski definition) is 4. The summed E-state index contributed by atoms with van der Waals surface area (Å²) in [6.45, 7) is 6.03. The first kappa shape index (κ1) is 16.3. The Labute approximate surface area is 138 Å². The highest BCUT2D eigenvalue weighted by Crippen LogP contribution is 2.19. The number of carbonyl (C=O) groups excluding carboxylic acids is 1. The third kappa shape index (κ3) is 3.85. The van der Waals surface area contributed by atoms with Gasteiger partial charge in [0.2, 0.25) is 0 Å². The van der Waals surface area contributed by atoms with E-state index in [1.165, 1.54) is 25.9 Å². The van der Waals surface area contributed by atoms with Crippen molar-refractivity contribution in [3.05, 3.63) is 29.8 Å². The zero-order valence-electron chi connectivity index (χ0n) is 14.2. The number of carbonyl (C=O) groups is 1. The summed E-state index contributed by atoms with van der Waals surface area (Å²) < 4.78 is 5.15. The molecule has 0 N–H and O–H groups in total. The zero-order chi connectivity index (χ0) is 16.2. The number of amides is 1. The molecular weight excluding hydrogens is 290 g/mol. The van der Waals surface area contributed by atoms with Crippen molar-refractivity contribution < 1.29 is 9.53 Å². The summed E-state index contributed by atoms with van der Waals surface area (Å²) in [5.74, 6) is 0.921. The van der Waals surface area contributed by atoms with Crippen LogP contribution in [0.1, 0.15) is 23.2 Å². The zero-order valence-corrected chi connectivity index (χ0v) is 14.2. The maximum absolute atomic E-state index is 12.6. The van der Waals surface area contributed by atoms with Crippen molar-refractivity contribution in [1.29, 1.82) is 0 Å². The van der Waals surface area contributed by atoms with Crippen molar-refractivity contribution in [1.82, 2.24) is 14.7 Å². The number of benzene rings is 1. The molecule has 0 aromatic heterocycles. The summed E-state index contributed by atoms with van der Waals surface area (Å²) in [5.41, 5.74) is 0.749. The Morgan fingerprint density at radius 3 is 2.17 bits per heavy atom. The molecule has 0 radical (unpaired) electrons. The largest absolute Gasteiger partial charge is 0.497 e. The van der Waals surface area contributed by atoms with E-state index in [1.807, 2.05) is 29.2 Å². The number of piperidine rings is 1. The van der Waals surface area contributed by atoms with Gasteiger partial charge in [-0.25, -0.2) is 0 Å². The summed E-state index contributed by atoms with van der Waals surface area (Å²) in [5, 5.41) is 0. The van der Waals surface area contributed by atoms with Gasteiger partial charge in [0, 0.05) is 37.8 Å². The van der Waals surface area contributed by atoms with E-state index in [0.717, 1.165) is 37.5 Å². The summed E-state index contributed by atoms with van der Waals surface area (Å²) in [7, 11) is 3.83. The van der Waals surface area contributed by atoms with Crippen LogP contribution in [0.4, 0.5) is 0 Å². The van der Waals surface area contributed by atoms with Gasteiger partial charge in [-0.2, -0.15) is 0 Å². The van der Waals surface area contributed by atoms with E-state index in [4.69, 9.17) is 4.74 Å². The third-order valence-electron chi connectivity index (χ3n) is 5.14. The van der Waals surface area contributed by atoms with Crippen LogP contribution in [0.5, 0.6) is 5.75 Å². The van der Waals surface area contributed by atoms with Crippen LogP contribution in [-0.4, -0.2) is 80.1 Å². The molecule has 23 heavy (non-hydrogen) atoms. The number of rotatable bonds is 3. The van der Waals surface area contributed by atoms with Gasteiger partial charge >= 0.3 is 0 Å². The Bertz CT molecular complexity index is 516. The molecule has 2 heterocycles. The monoisotopic (exact) mass is 317 g/mol. The van der Waals surface area contributed by atoms with Crippen molar-refractivity contribution in [2.24, 2.45) is 0 Å². The molecule has 1 aromatic carbocycles. The van der Waals surface area contributed by atoms with Crippen LogP contribution in [0.15, 0.2) is 24.3 Å². The lowest BCUT2D eigenvalue weighted by molar-refractivity contribution is 0.0475. The summed E-state index contributed by atoms with van der Waals surface area (Å²) in [4.78, 5) is 19.5. The molecule has 0 aliphatic carbocycles. The van der Waals surface area contributed by atoms with E-state index in [9.17, 15) is 4.79 Å². The molecule has 0 saturated carbocycles. The molecule has 5 heteroatoms. The molecule has 0 unspecified atom stereocenters. The lowest BCUT2D eigenvalue weighted by Crippen LogP contribution is -2.54. The van der Waals surface area contributed by atoms with Gasteiger partial charge in [0.15, 0.2) is 0 Å². The van der Waals surface area contributed by atoms with E-state index >= 15 is 0 Å². The number of ether oxygens (including phenoxy) is 1. The van der Waals surface area contributed by atoms with E-state index in [0.29, 0.717) is 6.04 Å². The van der Waals surface area contributed by atoms with E-state index < -0.39 is 0 Å². The molecule has 5 nitrogen and oxygen atoms in total. The van der Waals surface area contributed by atoms with Crippen LogP contribution in [0.3, 0.4) is 0 Å². The van der Waals surface area contributed by atoms with Crippen LogP contribution >= 0.6 is 0 Å². The van der Waals surface area contributed by atoms with Gasteiger partial charge in [0.1, 0.15) is 5.75 Å². The molecule has 2 aliphatic heterocycles. The van der Waals surface area contributed by atoms with Crippen LogP contribution in [-0.2, 0) is 0 Å². The van der Waals surface area contributed by atoms with E-state index in [2.05, 4.69) is 16.8 Å². The minimum atomic E-state index is 0.135. The van der Waals surface area contributed by atoms with Crippen LogP contribution < -0.4 is 4.74 Å². The van der Waals surface area contributed by atoms with E-state index in [-0.39, 0.29) is 5.91 Å². The predicted octanol–water partition coefficient (Wildman–Crippen LogP) is 1.55. The minimum absolute atomic E-state index is 0.135. The highest BCUT2D eigenvalue weighted by molar-refractivity contribution is 5.94. The fourth-order valence-corrected chi connectivity index (χ4v) is 3.57. The maximum Gasteiger partial charge on any atom is 0.253 e. The summed E-state index contributed by atoms with van der Waals surface area (Å²) >= 11 is 0. The topological polar surface area (TPSA) is 36.0 Å². The molecular formula is C18H27N3O2. The molecule has 0 bridgehead atoms. The Kier molecular flexibility index (Phi) is 5.18. The van der Waals surface area contributed by atoms with Crippen LogP contribution in [0, 0.1) is 0 Å². The smallest absolute Gasteiger partial charge is 0.253 e. The lowest BCUT2D eigenvalue weighted by atomic mass is 10.0. The Morgan fingerprint density at radius 2 is 1.61 bits per heavy atom. The first-order valence-corrected chi connectivity index (χ1v) is 8.53. The normalized spacial score (nSPS) is 21.4. The fraction of sp³-hybridized carbons (Fsp3) is 0.611. The average Bonchev–Trinajstić information content (AvgIpc) is 2.62. The van der Waals surface area contributed by atoms with Gasteiger partial charge in [-0.05, 0) is 57.2 Å². The number of hydrogen-bond donors (Lipinski definition) is 0. The van der Waals surface area contributed by atoms with Gasteiger partial charge < -0.3 is 14.5 Å². The number of methoxy groups -OCH3 is 1. The van der Waals surface area contributed by atoms with Crippen molar-refractivity contribution >= 4 is 5.91 Å². The Morgan fingerprint density at radius 1 is 1.00 bits per heavy atom. The van der Waals surface area contributed by atoms with Crippen molar-refractivity contribution in [2.75, 3.05) is 53.4 Å². The first-order chi connectivity index (χ1) is 11.2. The number of piperazine rings is 1. The maximum atomic E-state index is 12.6. The summed E-state index contributed by atoms with van der Waals surface area (Å²) in [6.07, 6.45) is 2.51. The van der Waals surface area contributed by atoms with Crippen LogP contribution in [0.2, 0.25) is 0 Å². The second-order valence-corrected chi connectivity index (χ2v) is 6.59. The van der Waals surface area contributed by atoms with Gasteiger partial charge in [-0.1, -0.05) is 0 Å². The van der Waals surface area contributed by atoms with Gasteiger partial charge in [0.05, 0.1) is 7.11 Å². The van der Waals surface area contributed by atoms with Crippen molar-refractivity contribution in [3.8, 4) is 5.75 Å². The average molecular weight is 317 g/mol. The first-order valence-electron chi connectivity index (χ1n) is 8.53. The van der Waals surface area contributed by atoms with E-state index in [1.54, 1.807) is 7.11 Å². The lowest BCUT2D eigenvalue weighted by Gasteiger charge is -2.42.